The van der Waals surface area contributed by atoms with Crippen molar-refractivity contribution in [2.45, 2.75) is 13.1 Å². The van der Waals surface area contributed by atoms with E-state index in [1.54, 1.807) is 12.7 Å². The van der Waals surface area contributed by atoms with Crippen LogP contribution in [0.3, 0.4) is 0 Å². The molecule has 0 bridgehead atoms. The Morgan fingerprint density at radius 2 is 1.64 bits per heavy atom. The predicted octanol–water partition coefficient (Wildman–Crippen LogP) is 3.59. The van der Waals surface area contributed by atoms with Gasteiger partial charge in [-0.25, -0.2) is 14.7 Å². The first kappa shape index (κ1) is 21.9. The third kappa shape index (κ3) is 5.54. The molecule has 0 N–H and O–H groups in total. The van der Waals surface area contributed by atoms with E-state index in [0.29, 0.717) is 6.54 Å². The second-order valence-electron chi connectivity index (χ2n) is 6.85. The molecule has 1 aromatic heterocycles. The Kier molecular flexibility index (Phi) is 7.98. The highest BCUT2D eigenvalue weighted by atomic mass is 127. The van der Waals surface area contributed by atoms with E-state index in [1.165, 1.54) is 22.3 Å². The molecule has 0 atom stereocenters. The van der Waals surface area contributed by atoms with Gasteiger partial charge >= 0.3 is 0 Å². The highest BCUT2D eigenvalue weighted by Crippen LogP contribution is 2.25. The van der Waals surface area contributed by atoms with Crippen LogP contribution < -0.4 is 0 Å². The zero-order chi connectivity index (χ0) is 19.2. The molecule has 148 valence electrons. The summed E-state index contributed by atoms with van der Waals surface area (Å²) in [5.74, 6) is 0.952. The fraction of sp³-hybridized carbons (Fsp3) is 0.286. The maximum Gasteiger partial charge on any atom is 0.195 e. The number of benzene rings is 2. The Morgan fingerprint density at radius 3 is 2.25 bits per heavy atom. The van der Waals surface area contributed by atoms with Crippen LogP contribution in [0.4, 0.5) is 0 Å². The van der Waals surface area contributed by atoms with Crippen molar-refractivity contribution in [3.63, 3.8) is 0 Å². The van der Waals surface area contributed by atoms with Gasteiger partial charge in [0.15, 0.2) is 5.96 Å². The fourth-order valence-corrected chi connectivity index (χ4v) is 3.07. The third-order valence-corrected chi connectivity index (χ3v) is 4.28. The molecular formula is C21H27IN6. The van der Waals surface area contributed by atoms with E-state index < -0.39 is 0 Å². The molecule has 7 heteroatoms. The number of halogens is 1. The molecule has 6 nitrogen and oxygen atoms in total. The van der Waals surface area contributed by atoms with Crippen molar-refractivity contribution in [2.75, 3.05) is 28.2 Å². The van der Waals surface area contributed by atoms with E-state index in [2.05, 4.69) is 58.6 Å². The maximum atomic E-state index is 4.80. The Labute approximate surface area is 183 Å². The summed E-state index contributed by atoms with van der Waals surface area (Å²) < 4.78 is 1.82. The minimum absolute atomic E-state index is 0. The average Bonchev–Trinajstić information content (AvgIpc) is 3.15. The number of hydrogen-bond acceptors (Lipinski definition) is 3. The summed E-state index contributed by atoms with van der Waals surface area (Å²) in [5.41, 5.74) is 4.81. The van der Waals surface area contributed by atoms with Crippen LogP contribution in [0.25, 0.3) is 11.1 Å². The van der Waals surface area contributed by atoms with Gasteiger partial charge in [-0.3, -0.25) is 0 Å². The summed E-state index contributed by atoms with van der Waals surface area (Å²) in [7, 11) is 8.05. The summed E-state index contributed by atoms with van der Waals surface area (Å²) in [6.45, 7) is 1.36. The first-order valence-corrected chi connectivity index (χ1v) is 8.93. The van der Waals surface area contributed by atoms with Gasteiger partial charge < -0.3 is 9.80 Å². The van der Waals surface area contributed by atoms with Gasteiger partial charge in [-0.2, -0.15) is 5.10 Å². The van der Waals surface area contributed by atoms with Crippen molar-refractivity contribution in [1.29, 1.82) is 0 Å². The molecule has 0 fully saturated rings. The average molecular weight is 490 g/mol. The van der Waals surface area contributed by atoms with Gasteiger partial charge in [0.1, 0.15) is 12.7 Å². The van der Waals surface area contributed by atoms with E-state index in [9.17, 15) is 0 Å². The fourth-order valence-electron chi connectivity index (χ4n) is 3.07. The first-order chi connectivity index (χ1) is 13.0. The smallest absolute Gasteiger partial charge is 0.195 e. The van der Waals surface area contributed by atoms with Crippen molar-refractivity contribution in [3.05, 3.63) is 72.3 Å². The second-order valence-corrected chi connectivity index (χ2v) is 6.85. The van der Waals surface area contributed by atoms with E-state index in [-0.39, 0.29) is 24.0 Å². The van der Waals surface area contributed by atoms with Gasteiger partial charge in [-0.15, -0.1) is 24.0 Å². The predicted molar refractivity (Wildman–Crippen MR) is 125 cm³/mol. The Morgan fingerprint density at radius 1 is 0.964 bits per heavy atom. The van der Waals surface area contributed by atoms with Crippen LogP contribution in [-0.4, -0.2) is 58.7 Å². The quantitative estimate of drug-likeness (QED) is 0.312. The lowest BCUT2D eigenvalue weighted by Gasteiger charge is -2.22. The van der Waals surface area contributed by atoms with Crippen LogP contribution >= 0.6 is 24.0 Å². The first-order valence-electron chi connectivity index (χ1n) is 8.93. The van der Waals surface area contributed by atoms with E-state index >= 15 is 0 Å². The molecule has 1 heterocycles. The zero-order valence-corrected chi connectivity index (χ0v) is 19.1. The largest absolute Gasteiger partial charge is 0.349 e. The van der Waals surface area contributed by atoms with Crippen LogP contribution in [0.5, 0.6) is 0 Å². The molecule has 0 saturated carbocycles. The van der Waals surface area contributed by atoms with Gasteiger partial charge in [-0.05, 0) is 22.3 Å². The van der Waals surface area contributed by atoms with Gasteiger partial charge in [-0.1, -0.05) is 48.5 Å². The highest BCUT2D eigenvalue weighted by Gasteiger charge is 2.08. The number of hydrogen-bond donors (Lipinski definition) is 0. The standard InChI is InChI=1S/C21H26N6.HI/c1-25(2)21(26(3)4)23-13-19-7-5-6-8-20(19)18-11-9-17(10-12-18)14-27-16-22-15-24-27;/h5-12,15-16H,13-14H2,1-4H3;1H. The Bertz CT molecular complexity index is 876. The lowest BCUT2D eigenvalue weighted by atomic mass is 9.98. The molecular weight excluding hydrogens is 463 g/mol. The zero-order valence-electron chi connectivity index (χ0n) is 16.8. The number of guanidine groups is 1. The van der Waals surface area contributed by atoms with Crippen molar-refractivity contribution < 1.29 is 0 Å². The summed E-state index contributed by atoms with van der Waals surface area (Å²) in [4.78, 5) is 12.8. The molecule has 3 rings (SSSR count). The molecule has 0 saturated heterocycles. The maximum absolute atomic E-state index is 4.80. The van der Waals surface area contributed by atoms with Gasteiger partial charge in [0.05, 0.1) is 13.1 Å². The topological polar surface area (TPSA) is 49.6 Å². The summed E-state index contributed by atoms with van der Waals surface area (Å²) in [6.07, 6.45) is 3.29. The van der Waals surface area contributed by atoms with Gasteiger partial charge in [0, 0.05) is 28.2 Å². The van der Waals surface area contributed by atoms with Crippen molar-refractivity contribution in [3.8, 4) is 11.1 Å². The minimum Gasteiger partial charge on any atom is -0.349 e. The van der Waals surface area contributed by atoms with Crippen LogP contribution in [0.15, 0.2) is 66.2 Å². The third-order valence-electron chi connectivity index (χ3n) is 4.28. The van der Waals surface area contributed by atoms with Crippen molar-refractivity contribution >= 4 is 29.9 Å². The SMILES string of the molecule is CN(C)C(=NCc1ccccc1-c1ccc(Cn2cncn2)cc1)N(C)C.I. The molecule has 0 aliphatic rings. The molecule has 0 unspecified atom stereocenters. The van der Waals surface area contributed by atoms with E-state index in [4.69, 9.17) is 4.99 Å². The summed E-state index contributed by atoms with van der Waals surface area (Å²) in [6, 6.07) is 17.0. The lowest BCUT2D eigenvalue weighted by molar-refractivity contribution is 0.479. The number of aliphatic imine (C=N–C) groups is 1. The number of rotatable bonds is 5. The molecule has 0 aliphatic heterocycles. The Hall–Kier alpha value is -2.42. The summed E-state index contributed by atoms with van der Waals surface area (Å²) in [5, 5.41) is 4.16. The van der Waals surface area contributed by atoms with Crippen LogP contribution in [-0.2, 0) is 13.1 Å². The Balaban J connectivity index is 0.00000280. The van der Waals surface area contributed by atoms with Gasteiger partial charge in [0.25, 0.3) is 0 Å². The van der Waals surface area contributed by atoms with E-state index in [0.717, 1.165) is 12.5 Å². The monoisotopic (exact) mass is 490 g/mol. The number of aromatic nitrogens is 3. The summed E-state index contributed by atoms with van der Waals surface area (Å²) >= 11 is 0. The highest BCUT2D eigenvalue weighted by molar-refractivity contribution is 14.0. The molecule has 28 heavy (non-hydrogen) atoms. The van der Waals surface area contributed by atoms with Gasteiger partial charge in [0.2, 0.25) is 0 Å². The van der Waals surface area contributed by atoms with Crippen molar-refractivity contribution in [2.24, 2.45) is 4.99 Å². The molecule has 2 aromatic carbocycles. The normalized spacial score (nSPS) is 10.1. The molecule has 0 amide bonds. The van der Waals surface area contributed by atoms with Crippen LogP contribution in [0, 0.1) is 0 Å². The molecule has 3 aromatic rings. The lowest BCUT2D eigenvalue weighted by Crippen LogP contribution is -2.35. The van der Waals surface area contributed by atoms with E-state index in [1.807, 2.05) is 42.7 Å². The second kappa shape index (κ2) is 10.2. The van der Waals surface area contributed by atoms with Crippen molar-refractivity contribution in [1.82, 2.24) is 24.6 Å². The minimum atomic E-state index is 0. The number of nitrogens with zero attached hydrogens (tertiary/aromatic N) is 6. The van der Waals surface area contributed by atoms with Crippen LogP contribution in [0.2, 0.25) is 0 Å². The van der Waals surface area contributed by atoms with Crippen LogP contribution in [0.1, 0.15) is 11.1 Å². The molecule has 0 aliphatic carbocycles. The molecule has 0 spiro atoms. The molecule has 0 radical (unpaired) electrons.